The molecule has 1 aromatic carbocycles. The van der Waals surface area contributed by atoms with Crippen molar-refractivity contribution >= 4 is 29.0 Å². The quantitative estimate of drug-likeness (QED) is 0.614. The smallest absolute Gasteiger partial charge is 0.271 e. The van der Waals surface area contributed by atoms with Gasteiger partial charge in [-0.1, -0.05) is 0 Å². The van der Waals surface area contributed by atoms with Gasteiger partial charge in [0.05, 0.1) is 35.0 Å². The fourth-order valence-corrected chi connectivity index (χ4v) is 2.61. The van der Waals surface area contributed by atoms with E-state index in [9.17, 15) is 14.9 Å². The summed E-state index contributed by atoms with van der Waals surface area (Å²) in [6.45, 7) is 1.76. The van der Waals surface area contributed by atoms with Gasteiger partial charge in [0.2, 0.25) is 5.91 Å². The minimum atomic E-state index is -0.524. The fourth-order valence-electron chi connectivity index (χ4n) is 1.82. The molecule has 1 aromatic heterocycles. The number of furan rings is 1. The van der Waals surface area contributed by atoms with Crippen molar-refractivity contribution in [2.45, 2.75) is 17.9 Å². The van der Waals surface area contributed by atoms with E-state index in [1.165, 1.54) is 37.1 Å². The van der Waals surface area contributed by atoms with Crippen LogP contribution in [0.2, 0.25) is 0 Å². The highest BCUT2D eigenvalue weighted by Gasteiger charge is 2.18. The molecule has 2 aromatic rings. The Labute approximate surface area is 137 Å². The molecule has 8 heteroatoms. The molecular weight excluding hydrogens is 320 g/mol. The second-order valence-corrected chi connectivity index (χ2v) is 5.99. The molecule has 1 amide bonds. The third-order valence-corrected chi connectivity index (χ3v) is 4.24. The van der Waals surface area contributed by atoms with E-state index in [2.05, 4.69) is 5.32 Å². The van der Waals surface area contributed by atoms with Crippen molar-refractivity contribution in [1.29, 1.82) is 0 Å². The number of hydrogen-bond donors (Lipinski definition) is 1. The highest BCUT2D eigenvalue weighted by molar-refractivity contribution is 7.99. The number of hydrogen-bond acceptors (Lipinski definition) is 6. The third kappa shape index (κ3) is 4.49. The first-order chi connectivity index (χ1) is 11.0. The van der Waals surface area contributed by atoms with E-state index in [1.807, 2.05) is 6.07 Å². The molecule has 0 bridgehead atoms. The molecule has 122 valence electrons. The first-order valence-electron chi connectivity index (χ1n) is 6.78. The molecule has 1 N–H and O–H groups in total. The van der Waals surface area contributed by atoms with Gasteiger partial charge >= 0.3 is 0 Å². The lowest BCUT2D eigenvalue weighted by Crippen LogP contribution is -2.23. The Bertz CT molecular complexity index is 687. The van der Waals surface area contributed by atoms with Crippen LogP contribution in [0.15, 0.2) is 41.0 Å². The number of ether oxygens (including phenoxy) is 1. The summed E-state index contributed by atoms with van der Waals surface area (Å²) in [6, 6.07) is 7.68. The Balaban J connectivity index is 2.03. The summed E-state index contributed by atoms with van der Waals surface area (Å²) in [5, 5.41) is 13.2. The Hall–Kier alpha value is -2.48. The van der Waals surface area contributed by atoms with Gasteiger partial charge in [0, 0.05) is 12.1 Å². The summed E-state index contributed by atoms with van der Waals surface area (Å²) in [6.07, 6.45) is 1.58. The van der Waals surface area contributed by atoms with Crippen molar-refractivity contribution in [3.8, 4) is 5.75 Å². The van der Waals surface area contributed by atoms with Crippen LogP contribution in [-0.4, -0.2) is 23.2 Å². The second kappa shape index (κ2) is 7.68. The van der Waals surface area contributed by atoms with Crippen LogP contribution in [0.1, 0.15) is 12.7 Å². The average molecular weight is 336 g/mol. The molecule has 1 heterocycles. The van der Waals surface area contributed by atoms with E-state index in [1.54, 1.807) is 19.3 Å². The van der Waals surface area contributed by atoms with Crippen LogP contribution in [0.25, 0.3) is 0 Å². The standard InChI is InChI=1S/C15H16N2O5S/c1-10(23-9-12-4-3-7-22-12)15(18)16-13-8-11(17(19)20)5-6-14(13)21-2/h3-8,10H,9H2,1-2H3,(H,16,18). The topological polar surface area (TPSA) is 94.6 Å². The van der Waals surface area contributed by atoms with Crippen LogP contribution in [0.4, 0.5) is 11.4 Å². The van der Waals surface area contributed by atoms with E-state index < -0.39 is 4.92 Å². The summed E-state index contributed by atoms with van der Waals surface area (Å²) in [4.78, 5) is 22.6. The molecule has 7 nitrogen and oxygen atoms in total. The molecule has 0 aliphatic heterocycles. The van der Waals surface area contributed by atoms with Crippen molar-refractivity contribution in [1.82, 2.24) is 0 Å². The Morgan fingerprint density at radius 2 is 2.26 bits per heavy atom. The lowest BCUT2D eigenvalue weighted by molar-refractivity contribution is -0.384. The second-order valence-electron chi connectivity index (χ2n) is 4.66. The summed E-state index contributed by atoms with van der Waals surface area (Å²) in [5.74, 6) is 1.45. The van der Waals surface area contributed by atoms with Crippen molar-refractivity contribution in [2.24, 2.45) is 0 Å². The number of non-ortho nitro benzene ring substituents is 1. The van der Waals surface area contributed by atoms with Gasteiger partial charge in [0.15, 0.2) is 0 Å². The largest absolute Gasteiger partial charge is 0.495 e. The first-order valence-corrected chi connectivity index (χ1v) is 7.83. The molecular formula is C15H16N2O5S. The molecule has 2 rings (SSSR count). The van der Waals surface area contributed by atoms with Crippen molar-refractivity contribution < 1.29 is 18.9 Å². The first kappa shape index (κ1) is 16.9. The number of carbonyl (C=O) groups excluding carboxylic acids is 1. The van der Waals surface area contributed by atoms with Gasteiger partial charge < -0.3 is 14.5 Å². The molecule has 1 atom stereocenters. The van der Waals surface area contributed by atoms with Crippen molar-refractivity contribution in [3.63, 3.8) is 0 Å². The number of amides is 1. The number of nitrogens with zero attached hydrogens (tertiary/aromatic N) is 1. The van der Waals surface area contributed by atoms with Gasteiger partial charge in [-0.15, -0.1) is 11.8 Å². The number of benzene rings is 1. The van der Waals surface area contributed by atoms with E-state index in [0.717, 1.165) is 5.76 Å². The lowest BCUT2D eigenvalue weighted by atomic mass is 10.2. The van der Waals surface area contributed by atoms with Gasteiger partial charge in [-0.05, 0) is 25.1 Å². The highest BCUT2D eigenvalue weighted by atomic mass is 32.2. The number of rotatable bonds is 7. The molecule has 1 unspecified atom stereocenters. The number of nitro benzene ring substituents is 1. The SMILES string of the molecule is COc1ccc([N+](=O)[O-])cc1NC(=O)C(C)SCc1ccco1. The fraction of sp³-hybridized carbons (Fsp3) is 0.267. The van der Waals surface area contributed by atoms with Crippen molar-refractivity contribution in [2.75, 3.05) is 12.4 Å². The summed E-state index contributed by atoms with van der Waals surface area (Å²) >= 11 is 1.40. The third-order valence-electron chi connectivity index (χ3n) is 3.08. The van der Waals surface area contributed by atoms with E-state index in [4.69, 9.17) is 9.15 Å². The van der Waals surface area contributed by atoms with Crippen LogP contribution in [0.5, 0.6) is 5.75 Å². The highest BCUT2D eigenvalue weighted by Crippen LogP contribution is 2.29. The summed E-state index contributed by atoms with van der Waals surface area (Å²) < 4.78 is 10.3. The van der Waals surface area contributed by atoms with Gasteiger partial charge in [-0.3, -0.25) is 14.9 Å². The van der Waals surface area contributed by atoms with Gasteiger partial charge in [0.25, 0.3) is 5.69 Å². The van der Waals surface area contributed by atoms with Gasteiger partial charge in [0.1, 0.15) is 11.5 Å². The Morgan fingerprint density at radius 1 is 1.48 bits per heavy atom. The predicted molar refractivity (Wildman–Crippen MR) is 87.7 cm³/mol. The summed E-state index contributed by atoms with van der Waals surface area (Å²) in [7, 11) is 1.44. The number of thioether (sulfide) groups is 1. The summed E-state index contributed by atoms with van der Waals surface area (Å²) in [5.41, 5.74) is 0.161. The van der Waals surface area contributed by atoms with Crippen molar-refractivity contribution in [3.05, 3.63) is 52.5 Å². The molecule has 0 aliphatic carbocycles. The number of anilines is 1. The zero-order chi connectivity index (χ0) is 16.8. The average Bonchev–Trinajstić information content (AvgIpc) is 3.05. The van der Waals surface area contributed by atoms with Crippen LogP contribution < -0.4 is 10.1 Å². The molecule has 0 radical (unpaired) electrons. The van der Waals surface area contributed by atoms with Gasteiger partial charge in [-0.25, -0.2) is 0 Å². The Morgan fingerprint density at radius 3 is 2.87 bits per heavy atom. The molecule has 0 spiro atoms. The van der Waals surface area contributed by atoms with Crippen LogP contribution in [-0.2, 0) is 10.5 Å². The maximum atomic E-state index is 12.2. The number of nitrogens with one attached hydrogen (secondary N) is 1. The van der Waals surface area contributed by atoms with Crippen LogP contribution in [0.3, 0.4) is 0 Å². The maximum Gasteiger partial charge on any atom is 0.271 e. The zero-order valence-corrected chi connectivity index (χ0v) is 13.5. The normalized spacial score (nSPS) is 11.7. The minimum Gasteiger partial charge on any atom is -0.495 e. The number of nitro groups is 1. The zero-order valence-electron chi connectivity index (χ0n) is 12.6. The molecule has 0 aliphatic rings. The van der Waals surface area contributed by atoms with E-state index >= 15 is 0 Å². The van der Waals surface area contributed by atoms with Gasteiger partial charge in [-0.2, -0.15) is 0 Å². The molecule has 0 saturated heterocycles. The van der Waals surface area contributed by atoms with Crippen LogP contribution in [0, 0.1) is 10.1 Å². The predicted octanol–water partition coefficient (Wildman–Crippen LogP) is 3.46. The monoisotopic (exact) mass is 336 g/mol. The molecule has 23 heavy (non-hydrogen) atoms. The molecule has 0 fully saturated rings. The number of carbonyl (C=O) groups is 1. The number of methoxy groups -OCH3 is 1. The maximum absolute atomic E-state index is 12.2. The minimum absolute atomic E-state index is 0.114. The van der Waals surface area contributed by atoms with E-state index in [-0.39, 0.29) is 22.5 Å². The van der Waals surface area contributed by atoms with E-state index in [0.29, 0.717) is 11.5 Å². The van der Waals surface area contributed by atoms with Crippen LogP contribution >= 0.6 is 11.8 Å². The Kier molecular flexibility index (Phi) is 5.64. The molecule has 0 saturated carbocycles. The lowest BCUT2D eigenvalue weighted by Gasteiger charge is -2.13.